The highest BCUT2D eigenvalue weighted by atomic mass is 16.3. The molecular formula is C24H31NO3. The minimum atomic E-state index is -0.389. The number of carbonyl (C=O) groups is 1. The van der Waals surface area contributed by atoms with Crippen LogP contribution in [0.25, 0.3) is 6.08 Å². The Bertz CT molecular complexity index is 840. The fraction of sp³-hybridized carbons (Fsp3) is 0.625. The maximum Gasteiger partial charge on any atom is 0.246 e. The number of amides is 1. The van der Waals surface area contributed by atoms with Gasteiger partial charge in [-0.05, 0) is 79.7 Å². The maximum atomic E-state index is 12.2. The molecule has 4 aliphatic rings. The Labute approximate surface area is 167 Å². The molecule has 0 unspecified atom stereocenters. The van der Waals surface area contributed by atoms with Gasteiger partial charge in [0.05, 0.1) is 12.4 Å². The molecule has 3 saturated carbocycles. The van der Waals surface area contributed by atoms with Crippen LogP contribution in [0.1, 0.15) is 51.7 Å². The van der Waals surface area contributed by atoms with Gasteiger partial charge in [-0.1, -0.05) is 19.9 Å². The lowest BCUT2D eigenvalue weighted by Gasteiger charge is -2.59. The van der Waals surface area contributed by atoms with Crippen LogP contribution in [0.3, 0.4) is 0 Å². The minimum absolute atomic E-state index is 0.0470. The van der Waals surface area contributed by atoms with Crippen LogP contribution in [0.4, 0.5) is 0 Å². The lowest BCUT2D eigenvalue weighted by molar-refractivity contribution is -0.140. The number of likely N-dealkylation sites (N-methyl/N-ethyl adjacent to an activating group) is 1. The summed E-state index contributed by atoms with van der Waals surface area (Å²) < 4.78 is 5.51. The van der Waals surface area contributed by atoms with E-state index in [0.717, 1.165) is 43.4 Å². The second-order valence-corrected chi connectivity index (χ2v) is 10.0. The van der Waals surface area contributed by atoms with Gasteiger partial charge in [-0.3, -0.25) is 4.79 Å². The molecule has 5 rings (SSSR count). The zero-order chi connectivity index (χ0) is 19.7. The summed E-state index contributed by atoms with van der Waals surface area (Å²) in [6, 6.07) is 4.16. The maximum absolute atomic E-state index is 12.2. The highest BCUT2D eigenvalue weighted by molar-refractivity contribution is 5.89. The molecule has 1 aromatic heterocycles. The van der Waals surface area contributed by atoms with E-state index in [1.807, 2.05) is 24.1 Å². The van der Waals surface area contributed by atoms with Crippen LogP contribution in [0.15, 0.2) is 40.5 Å². The lowest BCUT2D eigenvalue weighted by Crippen LogP contribution is -2.59. The van der Waals surface area contributed by atoms with Crippen molar-refractivity contribution < 1.29 is 14.3 Å². The molecule has 1 aliphatic heterocycles. The van der Waals surface area contributed by atoms with Crippen molar-refractivity contribution in [3.05, 3.63) is 41.9 Å². The summed E-state index contributed by atoms with van der Waals surface area (Å²) in [5, 5.41) is 11.2. The van der Waals surface area contributed by atoms with Crippen LogP contribution in [-0.4, -0.2) is 35.1 Å². The van der Waals surface area contributed by atoms with Gasteiger partial charge in [0.15, 0.2) is 0 Å². The number of hydrogen-bond acceptors (Lipinski definition) is 3. The number of rotatable bonds is 1. The number of nitrogens with zero attached hydrogens (tertiary/aromatic N) is 1. The molecule has 0 radical (unpaired) electrons. The van der Waals surface area contributed by atoms with E-state index in [4.69, 9.17) is 4.42 Å². The van der Waals surface area contributed by atoms with Crippen LogP contribution in [-0.2, 0) is 4.79 Å². The van der Waals surface area contributed by atoms with Crippen molar-refractivity contribution in [2.24, 2.45) is 28.6 Å². The van der Waals surface area contributed by atoms with Crippen molar-refractivity contribution in [1.82, 2.24) is 4.90 Å². The molecule has 0 bridgehead atoms. The van der Waals surface area contributed by atoms with Crippen LogP contribution < -0.4 is 0 Å². The van der Waals surface area contributed by atoms with E-state index in [2.05, 4.69) is 26.0 Å². The first-order valence-electron chi connectivity index (χ1n) is 10.7. The molecule has 0 saturated heterocycles. The first kappa shape index (κ1) is 18.2. The molecule has 3 fully saturated rings. The average Bonchev–Trinajstić information content (AvgIpc) is 3.27. The van der Waals surface area contributed by atoms with Crippen molar-refractivity contribution in [2.45, 2.75) is 58.1 Å². The normalized spacial score (nSPS) is 46.4. The van der Waals surface area contributed by atoms with E-state index in [1.54, 1.807) is 12.3 Å². The summed E-state index contributed by atoms with van der Waals surface area (Å²) in [6.45, 7) is 4.66. The van der Waals surface area contributed by atoms with Crippen LogP contribution in [0.5, 0.6) is 0 Å². The quantitative estimate of drug-likeness (QED) is 0.790. The Morgan fingerprint density at radius 3 is 2.82 bits per heavy atom. The fourth-order valence-corrected chi connectivity index (χ4v) is 7.29. The Morgan fingerprint density at radius 2 is 2.07 bits per heavy atom. The summed E-state index contributed by atoms with van der Waals surface area (Å²) in [7, 11) is 1.96. The van der Waals surface area contributed by atoms with Crippen LogP contribution >= 0.6 is 0 Å². The zero-order valence-electron chi connectivity index (χ0n) is 17.1. The number of carbonyl (C=O) groups excluding carboxylic acids is 1. The highest BCUT2D eigenvalue weighted by Gasteiger charge is 2.61. The predicted octanol–water partition coefficient (Wildman–Crippen LogP) is 4.27. The van der Waals surface area contributed by atoms with Gasteiger partial charge in [0.2, 0.25) is 5.91 Å². The lowest BCUT2D eigenvalue weighted by atomic mass is 9.48. The fourth-order valence-electron chi connectivity index (χ4n) is 7.29. The van der Waals surface area contributed by atoms with E-state index in [0.29, 0.717) is 23.8 Å². The molecule has 4 heteroatoms. The van der Waals surface area contributed by atoms with Gasteiger partial charge in [-0.2, -0.15) is 0 Å². The smallest absolute Gasteiger partial charge is 0.246 e. The Morgan fingerprint density at radius 1 is 1.25 bits per heavy atom. The van der Waals surface area contributed by atoms with Gasteiger partial charge in [0, 0.05) is 23.9 Å². The Hall–Kier alpha value is -1.81. The molecule has 1 aromatic rings. The Balaban J connectivity index is 1.49. The van der Waals surface area contributed by atoms with Crippen molar-refractivity contribution in [1.29, 1.82) is 0 Å². The van der Waals surface area contributed by atoms with Gasteiger partial charge in [-0.15, -0.1) is 0 Å². The average molecular weight is 382 g/mol. The highest BCUT2D eigenvalue weighted by Crippen LogP contribution is 2.64. The minimum Gasteiger partial charge on any atom is -0.465 e. The van der Waals surface area contributed by atoms with E-state index in [1.165, 1.54) is 0 Å². The van der Waals surface area contributed by atoms with Gasteiger partial charge < -0.3 is 14.4 Å². The molecule has 150 valence electrons. The third kappa shape index (κ3) is 2.36. The van der Waals surface area contributed by atoms with Crippen molar-refractivity contribution >= 4 is 12.0 Å². The molecule has 1 N–H and O–H groups in total. The summed E-state index contributed by atoms with van der Waals surface area (Å²) >= 11 is 0. The van der Waals surface area contributed by atoms with Crippen molar-refractivity contribution in [3.63, 3.8) is 0 Å². The number of aliphatic hydroxyl groups excluding tert-OH is 1. The molecule has 0 spiro atoms. The third-order valence-corrected chi connectivity index (χ3v) is 8.87. The van der Waals surface area contributed by atoms with E-state index < -0.39 is 0 Å². The van der Waals surface area contributed by atoms with Crippen LogP contribution in [0.2, 0.25) is 0 Å². The molecule has 7 atom stereocenters. The third-order valence-electron chi connectivity index (χ3n) is 8.87. The SMILES string of the molecule is CN1C(=O)C=C[C@]2(C)[C@H]3CC[C@]4(C)[C@@H](O)C(=Cc5ccco5)C[C@H]4[C@@H]3CC[C@@H]12. The monoisotopic (exact) mass is 381 g/mol. The van der Waals surface area contributed by atoms with Gasteiger partial charge in [0.1, 0.15) is 5.76 Å². The molecule has 1 amide bonds. The number of aliphatic hydroxyl groups is 1. The van der Waals surface area contributed by atoms with Crippen molar-refractivity contribution in [2.75, 3.05) is 7.05 Å². The summed E-state index contributed by atoms with van der Waals surface area (Å²) in [4.78, 5) is 14.2. The molecular weight excluding hydrogens is 350 g/mol. The van der Waals surface area contributed by atoms with Gasteiger partial charge in [0.25, 0.3) is 0 Å². The Kier molecular flexibility index (Phi) is 3.97. The number of hydrogen-bond donors (Lipinski definition) is 1. The molecule has 0 aromatic carbocycles. The summed E-state index contributed by atoms with van der Waals surface area (Å²) in [5.41, 5.74) is 1.12. The van der Waals surface area contributed by atoms with E-state index in [9.17, 15) is 9.90 Å². The molecule has 28 heavy (non-hydrogen) atoms. The number of fused-ring (bicyclic) bond motifs is 5. The van der Waals surface area contributed by atoms with E-state index >= 15 is 0 Å². The van der Waals surface area contributed by atoms with Gasteiger partial charge >= 0.3 is 0 Å². The molecule has 2 heterocycles. The predicted molar refractivity (Wildman–Crippen MR) is 108 cm³/mol. The topological polar surface area (TPSA) is 53.7 Å². The first-order valence-corrected chi connectivity index (χ1v) is 10.7. The molecule has 3 aliphatic carbocycles. The largest absolute Gasteiger partial charge is 0.465 e. The van der Waals surface area contributed by atoms with Crippen LogP contribution in [0, 0.1) is 28.6 Å². The summed E-state index contributed by atoms with van der Waals surface area (Å²) in [5.74, 6) is 2.65. The zero-order valence-corrected chi connectivity index (χ0v) is 17.1. The standard InChI is InChI=1S/C24H31NO3/c1-23-11-9-21(26)25(3)20(23)7-6-17-18(23)8-10-24(2)19(17)14-15(22(24)27)13-16-5-4-12-28-16/h4-5,9,11-13,17-20,22,27H,6-8,10,14H2,1-3H3/t17-,18+,19+,20-,22+,23-,24+/m1/s1. The number of furan rings is 1. The second kappa shape index (κ2) is 6.09. The van der Waals surface area contributed by atoms with Gasteiger partial charge in [-0.25, -0.2) is 0 Å². The van der Waals surface area contributed by atoms with E-state index in [-0.39, 0.29) is 22.8 Å². The summed E-state index contributed by atoms with van der Waals surface area (Å²) in [6.07, 6.45) is 12.7. The molecule has 4 nitrogen and oxygen atoms in total. The van der Waals surface area contributed by atoms with Crippen molar-refractivity contribution in [3.8, 4) is 0 Å². The first-order chi connectivity index (χ1) is 13.3. The second-order valence-electron chi connectivity index (χ2n) is 10.0.